The van der Waals surface area contributed by atoms with Crippen molar-refractivity contribution in [1.82, 2.24) is 15.5 Å². The summed E-state index contributed by atoms with van der Waals surface area (Å²) >= 11 is 4.22. The highest BCUT2D eigenvalue weighted by Gasteiger charge is 2.09. The third-order valence-corrected chi connectivity index (χ3v) is 2.78. The van der Waals surface area contributed by atoms with Crippen LogP contribution in [0.1, 0.15) is 21.8 Å². The number of nitrogens with one attached hydrogen (secondary N) is 1. The molecule has 1 N–H and O–H groups in total. The van der Waals surface area contributed by atoms with Gasteiger partial charge in [-0.25, -0.2) is 0 Å². The SMILES string of the molecule is Cc1ccc(S)cc1C(=O)NCCc1ncno1. The van der Waals surface area contributed by atoms with Gasteiger partial charge in [-0.1, -0.05) is 11.2 Å². The van der Waals surface area contributed by atoms with Gasteiger partial charge in [0, 0.05) is 23.4 Å². The van der Waals surface area contributed by atoms with Gasteiger partial charge in [-0.3, -0.25) is 4.79 Å². The molecule has 0 radical (unpaired) electrons. The lowest BCUT2D eigenvalue weighted by atomic mass is 10.1. The van der Waals surface area contributed by atoms with Gasteiger partial charge in [0.1, 0.15) is 0 Å². The van der Waals surface area contributed by atoms with Gasteiger partial charge in [0.05, 0.1) is 0 Å². The summed E-state index contributed by atoms with van der Waals surface area (Å²) in [6.45, 7) is 2.34. The summed E-state index contributed by atoms with van der Waals surface area (Å²) < 4.78 is 4.84. The summed E-state index contributed by atoms with van der Waals surface area (Å²) in [6, 6.07) is 5.48. The minimum atomic E-state index is -0.122. The van der Waals surface area contributed by atoms with E-state index in [9.17, 15) is 4.79 Å². The van der Waals surface area contributed by atoms with Gasteiger partial charge in [-0.2, -0.15) is 4.98 Å². The van der Waals surface area contributed by atoms with Gasteiger partial charge in [-0.05, 0) is 24.6 Å². The van der Waals surface area contributed by atoms with E-state index in [1.165, 1.54) is 6.33 Å². The number of aromatic nitrogens is 2. The maximum Gasteiger partial charge on any atom is 0.251 e. The van der Waals surface area contributed by atoms with E-state index >= 15 is 0 Å². The maximum atomic E-state index is 11.9. The van der Waals surface area contributed by atoms with Crippen molar-refractivity contribution in [3.63, 3.8) is 0 Å². The number of carbonyl (C=O) groups is 1. The minimum absolute atomic E-state index is 0.122. The molecule has 0 aliphatic carbocycles. The van der Waals surface area contributed by atoms with Crippen molar-refractivity contribution in [2.24, 2.45) is 0 Å². The number of carbonyl (C=O) groups excluding carboxylic acids is 1. The average Bonchev–Trinajstić information content (AvgIpc) is 2.85. The molecular weight excluding hydrogens is 250 g/mol. The summed E-state index contributed by atoms with van der Waals surface area (Å²) in [4.78, 5) is 16.6. The summed E-state index contributed by atoms with van der Waals surface area (Å²) in [7, 11) is 0. The molecule has 0 bridgehead atoms. The number of aryl methyl sites for hydroxylation is 1. The molecule has 0 atom stereocenters. The number of benzene rings is 1. The van der Waals surface area contributed by atoms with E-state index in [0.717, 1.165) is 10.5 Å². The lowest BCUT2D eigenvalue weighted by Crippen LogP contribution is -2.26. The molecule has 1 heterocycles. The van der Waals surface area contributed by atoms with E-state index < -0.39 is 0 Å². The molecule has 0 aliphatic rings. The number of hydrogen-bond acceptors (Lipinski definition) is 5. The molecule has 0 saturated carbocycles. The van der Waals surface area contributed by atoms with Crippen LogP contribution in [0.25, 0.3) is 0 Å². The van der Waals surface area contributed by atoms with Gasteiger partial charge in [0.25, 0.3) is 5.91 Å². The van der Waals surface area contributed by atoms with Crippen molar-refractivity contribution in [3.05, 3.63) is 41.5 Å². The lowest BCUT2D eigenvalue weighted by molar-refractivity contribution is 0.0952. The minimum Gasteiger partial charge on any atom is -0.352 e. The van der Waals surface area contributed by atoms with Crippen molar-refractivity contribution in [2.45, 2.75) is 18.2 Å². The Morgan fingerprint density at radius 2 is 2.33 bits per heavy atom. The van der Waals surface area contributed by atoms with Gasteiger partial charge in [0.15, 0.2) is 6.33 Å². The average molecular weight is 263 g/mol. The number of nitrogens with zero attached hydrogens (tertiary/aromatic N) is 2. The normalized spacial score (nSPS) is 10.3. The Bertz CT molecular complexity index is 540. The molecule has 0 aliphatic heterocycles. The highest BCUT2D eigenvalue weighted by Crippen LogP contribution is 2.13. The topological polar surface area (TPSA) is 68.0 Å². The Kier molecular flexibility index (Phi) is 3.99. The Labute approximate surface area is 110 Å². The van der Waals surface area contributed by atoms with E-state index in [2.05, 4.69) is 28.1 Å². The van der Waals surface area contributed by atoms with Crippen molar-refractivity contribution >= 4 is 18.5 Å². The van der Waals surface area contributed by atoms with Crippen LogP contribution < -0.4 is 5.32 Å². The highest BCUT2D eigenvalue weighted by molar-refractivity contribution is 7.80. The molecule has 94 valence electrons. The van der Waals surface area contributed by atoms with Gasteiger partial charge in [-0.15, -0.1) is 12.6 Å². The zero-order valence-electron chi connectivity index (χ0n) is 9.88. The summed E-state index contributed by atoms with van der Waals surface area (Å²) in [5, 5.41) is 6.30. The summed E-state index contributed by atoms with van der Waals surface area (Å²) in [6.07, 6.45) is 1.86. The third kappa shape index (κ3) is 3.10. The third-order valence-electron chi connectivity index (χ3n) is 2.50. The molecule has 0 fully saturated rings. The quantitative estimate of drug-likeness (QED) is 0.823. The second-order valence-electron chi connectivity index (χ2n) is 3.84. The van der Waals surface area contributed by atoms with Crippen molar-refractivity contribution in [2.75, 3.05) is 6.54 Å². The summed E-state index contributed by atoms with van der Waals surface area (Å²) in [5.74, 6) is 0.387. The predicted molar refractivity (Wildman–Crippen MR) is 68.8 cm³/mol. The molecule has 0 unspecified atom stereocenters. The summed E-state index contributed by atoms with van der Waals surface area (Å²) in [5.41, 5.74) is 1.55. The van der Waals surface area contributed by atoms with Crippen LogP contribution in [0.4, 0.5) is 0 Å². The van der Waals surface area contributed by atoms with Crippen LogP contribution in [0.3, 0.4) is 0 Å². The first kappa shape index (κ1) is 12.6. The van der Waals surface area contributed by atoms with Crippen LogP contribution in [-0.4, -0.2) is 22.6 Å². The largest absolute Gasteiger partial charge is 0.352 e. The Morgan fingerprint density at radius 3 is 3.06 bits per heavy atom. The van der Waals surface area contributed by atoms with Gasteiger partial charge < -0.3 is 9.84 Å². The second kappa shape index (κ2) is 5.68. The first-order chi connectivity index (χ1) is 8.66. The standard InChI is InChI=1S/C12H13N3O2S/c1-8-2-3-9(18)6-10(8)12(16)13-5-4-11-14-7-15-17-11/h2-3,6-7,18H,4-5H2,1H3,(H,13,16). The fourth-order valence-electron chi connectivity index (χ4n) is 1.54. The van der Waals surface area contributed by atoms with Gasteiger partial charge >= 0.3 is 0 Å². The van der Waals surface area contributed by atoms with E-state index in [0.29, 0.717) is 24.4 Å². The fourth-order valence-corrected chi connectivity index (χ4v) is 1.74. The molecule has 1 aromatic carbocycles. The number of rotatable bonds is 4. The zero-order chi connectivity index (χ0) is 13.0. The van der Waals surface area contributed by atoms with E-state index in [1.807, 2.05) is 19.1 Å². The Morgan fingerprint density at radius 1 is 1.50 bits per heavy atom. The fraction of sp³-hybridized carbons (Fsp3) is 0.250. The van der Waals surface area contributed by atoms with Crippen molar-refractivity contribution < 1.29 is 9.32 Å². The smallest absolute Gasteiger partial charge is 0.251 e. The van der Waals surface area contributed by atoms with E-state index in [4.69, 9.17) is 4.52 Å². The predicted octanol–water partition coefficient (Wildman–Crippen LogP) is 1.64. The zero-order valence-corrected chi connectivity index (χ0v) is 10.8. The van der Waals surface area contributed by atoms with Crippen LogP contribution in [0.5, 0.6) is 0 Å². The first-order valence-electron chi connectivity index (χ1n) is 5.50. The van der Waals surface area contributed by atoms with Crippen LogP contribution >= 0.6 is 12.6 Å². The van der Waals surface area contributed by atoms with E-state index in [1.54, 1.807) is 6.07 Å². The molecule has 2 aromatic rings. The van der Waals surface area contributed by atoms with Crippen LogP contribution in [0, 0.1) is 6.92 Å². The number of hydrogen-bond donors (Lipinski definition) is 2. The van der Waals surface area contributed by atoms with Crippen molar-refractivity contribution in [3.8, 4) is 0 Å². The Hall–Kier alpha value is -1.82. The molecule has 2 rings (SSSR count). The molecule has 1 amide bonds. The van der Waals surface area contributed by atoms with Crippen LogP contribution in [0.15, 0.2) is 33.9 Å². The van der Waals surface area contributed by atoms with Gasteiger partial charge in [0.2, 0.25) is 5.89 Å². The van der Waals surface area contributed by atoms with Crippen molar-refractivity contribution in [1.29, 1.82) is 0 Å². The molecule has 0 spiro atoms. The maximum absolute atomic E-state index is 11.9. The van der Waals surface area contributed by atoms with E-state index in [-0.39, 0.29) is 5.91 Å². The van der Waals surface area contributed by atoms with Crippen LogP contribution in [-0.2, 0) is 6.42 Å². The lowest BCUT2D eigenvalue weighted by Gasteiger charge is -2.07. The van der Waals surface area contributed by atoms with Crippen LogP contribution in [0.2, 0.25) is 0 Å². The number of amides is 1. The monoisotopic (exact) mass is 263 g/mol. The first-order valence-corrected chi connectivity index (χ1v) is 5.95. The Balaban J connectivity index is 1.93. The second-order valence-corrected chi connectivity index (χ2v) is 4.36. The molecule has 0 saturated heterocycles. The highest BCUT2D eigenvalue weighted by atomic mass is 32.1. The molecule has 5 nitrogen and oxygen atoms in total. The molecule has 1 aromatic heterocycles. The molecule has 6 heteroatoms. The molecular formula is C12H13N3O2S. The molecule has 18 heavy (non-hydrogen) atoms. The number of thiol groups is 1.